The van der Waals surface area contributed by atoms with Crippen molar-refractivity contribution in [2.24, 2.45) is 11.7 Å². The van der Waals surface area contributed by atoms with E-state index >= 15 is 0 Å². The number of amides is 1. The first kappa shape index (κ1) is 11.1. The van der Waals surface area contributed by atoms with E-state index in [1.54, 1.807) is 12.1 Å². The second-order valence-electron chi connectivity index (χ2n) is 4.06. The van der Waals surface area contributed by atoms with E-state index in [2.05, 4.69) is 5.32 Å². The Kier molecular flexibility index (Phi) is 3.19. The average Bonchev–Trinajstić information content (AvgIpc) is 3.10. The molecule has 1 aliphatic rings. The number of rotatable bonds is 4. The van der Waals surface area contributed by atoms with Crippen molar-refractivity contribution in [3.8, 4) is 0 Å². The van der Waals surface area contributed by atoms with Crippen LogP contribution >= 0.6 is 12.2 Å². The summed E-state index contributed by atoms with van der Waals surface area (Å²) in [6.07, 6.45) is 2.19. The van der Waals surface area contributed by atoms with Crippen molar-refractivity contribution in [2.75, 3.05) is 0 Å². The maximum absolute atomic E-state index is 11.9. The molecule has 3 N–H and O–H groups in total. The zero-order valence-corrected chi connectivity index (χ0v) is 9.67. The van der Waals surface area contributed by atoms with Gasteiger partial charge in [-0.15, -0.1) is 0 Å². The Bertz CT molecular complexity index is 401. The van der Waals surface area contributed by atoms with Crippen LogP contribution in [0.5, 0.6) is 0 Å². The maximum Gasteiger partial charge on any atom is 0.251 e. The van der Waals surface area contributed by atoms with Gasteiger partial charge in [-0.2, -0.15) is 0 Å². The summed E-state index contributed by atoms with van der Waals surface area (Å²) in [5, 5.41) is 2.89. The molecule has 1 fully saturated rings. The Labute approximate surface area is 100 Å². The molecule has 0 aromatic heterocycles. The number of benzene rings is 1. The highest BCUT2D eigenvalue weighted by molar-refractivity contribution is 7.80. The number of nitrogens with one attached hydrogen (secondary N) is 1. The number of nitrogens with two attached hydrogens (primary N) is 1. The minimum Gasteiger partial charge on any atom is -0.392 e. The molecule has 1 unspecified atom stereocenters. The normalized spacial score (nSPS) is 16.5. The maximum atomic E-state index is 11.9. The minimum absolute atomic E-state index is 0.106. The molecule has 4 heteroatoms. The van der Waals surface area contributed by atoms with Gasteiger partial charge < -0.3 is 11.1 Å². The Balaban J connectivity index is 2.03. The van der Waals surface area contributed by atoms with Crippen LogP contribution in [-0.4, -0.2) is 16.9 Å². The van der Waals surface area contributed by atoms with Crippen LogP contribution in [0.4, 0.5) is 0 Å². The van der Waals surface area contributed by atoms with Crippen LogP contribution in [0.15, 0.2) is 30.3 Å². The molecular formula is C12H14N2OS. The Morgan fingerprint density at radius 1 is 1.38 bits per heavy atom. The predicted octanol–water partition coefficient (Wildman–Crippen LogP) is 1.48. The predicted molar refractivity (Wildman–Crippen MR) is 67.2 cm³/mol. The number of hydrogen-bond acceptors (Lipinski definition) is 2. The third-order valence-corrected chi connectivity index (χ3v) is 2.98. The van der Waals surface area contributed by atoms with Crippen molar-refractivity contribution in [3.63, 3.8) is 0 Å². The molecule has 0 saturated heterocycles. The second-order valence-corrected chi connectivity index (χ2v) is 4.53. The van der Waals surface area contributed by atoms with Crippen molar-refractivity contribution in [1.82, 2.24) is 5.32 Å². The molecule has 84 valence electrons. The molecule has 0 aliphatic heterocycles. The lowest BCUT2D eigenvalue weighted by Gasteiger charge is -2.16. The lowest BCUT2D eigenvalue weighted by atomic mass is 10.1. The van der Waals surface area contributed by atoms with Crippen molar-refractivity contribution in [3.05, 3.63) is 35.9 Å². The van der Waals surface area contributed by atoms with Crippen LogP contribution in [0.2, 0.25) is 0 Å². The molecule has 2 rings (SSSR count). The molecule has 1 saturated carbocycles. The first-order chi connectivity index (χ1) is 7.68. The van der Waals surface area contributed by atoms with E-state index < -0.39 is 0 Å². The van der Waals surface area contributed by atoms with E-state index in [1.165, 1.54) is 0 Å². The first-order valence-electron chi connectivity index (χ1n) is 5.33. The summed E-state index contributed by atoms with van der Waals surface area (Å²) in [5.74, 6) is 0.329. The monoisotopic (exact) mass is 234 g/mol. The SMILES string of the molecule is NC(=S)C(NC(=O)c1ccccc1)C1CC1. The van der Waals surface area contributed by atoms with Crippen LogP contribution in [-0.2, 0) is 0 Å². The molecule has 1 atom stereocenters. The summed E-state index contributed by atoms with van der Waals surface area (Å²) in [4.78, 5) is 12.2. The van der Waals surface area contributed by atoms with Gasteiger partial charge in [0.05, 0.1) is 11.0 Å². The van der Waals surface area contributed by atoms with Crippen molar-refractivity contribution < 1.29 is 4.79 Å². The fourth-order valence-corrected chi connectivity index (χ4v) is 1.92. The zero-order chi connectivity index (χ0) is 11.5. The van der Waals surface area contributed by atoms with Crippen molar-refractivity contribution in [2.45, 2.75) is 18.9 Å². The summed E-state index contributed by atoms with van der Waals surface area (Å²) in [5.41, 5.74) is 6.26. The molecule has 3 nitrogen and oxygen atoms in total. The van der Waals surface area contributed by atoms with Gasteiger partial charge in [-0.3, -0.25) is 4.79 Å². The average molecular weight is 234 g/mol. The van der Waals surface area contributed by atoms with Gasteiger partial charge in [-0.1, -0.05) is 30.4 Å². The molecule has 0 radical (unpaired) electrons. The lowest BCUT2D eigenvalue weighted by molar-refractivity contribution is 0.0944. The van der Waals surface area contributed by atoms with Gasteiger partial charge in [0.2, 0.25) is 0 Å². The highest BCUT2D eigenvalue weighted by Gasteiger charge is 2.34. The molecule has 0 heterocycles. The topological polar surface area (TPSA) is 55.1 Å². The van der Waals surface area contributed by atoms with Crippen LogP contribution in [0.25, 0.3) is 0 Å². The highest BCUT2D eigenvalue weighted by Crippen LogP contribution is 2.32. The van der Waals surface area contributed by atoms with E-state index in [4.69, 9.17) is 18.0 Å². The summed E-state index contributed by atoms with van der Waals surface area (Å²) in [6.45, 7) is 0. The number of carbonyl (C=O) groups excluding carboxylic acids is 1. The van der Waals surface area contributed by atoms with Gasteiger partial charge in [0.1, 0.15) is 0 Å². The largest absolute Gasteiger partial charge is 0.392 e. The smallest absolute Gasteiger partial charge is 0.251 e. The summed E-state index contributed by atoms with van der Waals surface area (Å²) < 4.78 is 0. The molecule has 1 amide bonds. The molecule has 1 aromatic carbocycles. The fraction of sp³-hybridized carbons (Fsp3) is 0.333. The molecule has 16 heavy (non-hydrogen) atoms. The van der Waals surface area contributed by atoms with E-state index in [0.29, 0.717) is 16.5 Å². The standard InChI is InChI=1S/C12H14N2OS/c13-11(16)10(8-6-7-8)14-12(15)9-4-2-1-3-5-9/h1-5,8,10H,6-7H2,(H2,13,16)(H,14,15). The molecular weight excluding hydrogens is 220 g/mol. The van der Waals surface area contributed by atoms with Gasteiger partial charge >= 0.3 is 0 Å². The van der Waals surface area contributed by atoms with Crippen LogP contribution < -0.4 is 11.1 Å². The van der Waals surface area contributed by atoms with E-state index in [0.717, 1.165) is 12.8 Å². The van der Waals surface area contributed by atoms with Crippen LogP contribution in [0, 0.1) is 5.92 Å². The van der Waals surface area contributed by atoms with Crippen LogP contribution in [0.3, 0.4) is 0 Å². The van der Waals surface area contributed by atoms with Crippen molar-refractivity contribution >= 4 is 23.1 Å². The molecule has 1 aliphatic carbocycles. The van der Waals surface area contributed by atoms with E-state index in [-0.39, 0.29) is 11.9 Å². The van der Waals surface area contributed by atoms with Crippen molar-refractivity contribution in [1.29, 1.82) is 0 Å². The van der Waals surface area contributed by atoms with E-state index in [9.17, 15) is 4.79 Å². The molecule has 1 aromatic rings. The first-order valence-corrected chi connectivity index (χ1v) is 5.74. The molecule has 0 spiro atoms. The fourth-order valence-electron chi connectivity index (χ4n) is 1.66. The summed E-state index contributed by atoms with van der Waals surface area (Å²) >= 11 is 4.96. The Hall–Kier alpha value is -1.42. The third-order valence-electron chi connectivity index (χ3n) is 2.72. The Morgan fingerprint density at radius 2 is 2.00 bits per heavy atom. The van der Waals surface area contributed by atoms with Gasteiger partial charge in [0.25, 0.3) is 5.91 Å². The zero-order valence-electron chi connectivity index (χ0n) is 8.85. The van der Waals surface area contributed by atoms with Gasteiger partial charge in [0, 0.05) is 5.56 Å². The molecule has 0 bridgehead atoms. The van der Waals surface area contributed by atoms with Gasteiger partial charge in [-0.05, 0) is 30.9 Å². The summed E-state index contributed by atoms with van der Waals surface area (Å²) in [7, 11) is 0. The van der Waals surface area contributed by atoms with Gasteiger partial charge in [-0.25, -0.2) is 0 Å². The van der Waals surface area contributed by atoms with E-state index in [1.807, 2.05) is 18.2 Å². The number of thiocarbonyl (C=S) groups is 1. The van der Waals surface area contributed by atoms with Crippen LogP contribution in [0.1, 0.15) is 23.2 Å². The number of hydrogen-bond donors (Lipinski definition) is 2. The van der Waals surface area contributed by atoms with Gasteiger partial charge in [0.15, 0.2) is 0 Å². The lowest BCUT2D eigenvalue weighted by Crippen LogP contribution is -2.45. The minimum atomic E-state index is -0.150. The quantitative estimate of drug-likeness (QED) is 0.776. The third kappa shape index (κ3) is 2.58. The number of carbonyl (C=O) groups is 1. The highest BCUT2D eigenvalue weighted by atomic mass is 32.1. The summed E-state index contributed by atoms with van der Waals surface area (Å²) in [6, 6.07) is 8.95. The second kappa shape index (κ2) is 4.61. The Morgan fingerprint density at radius 3 is 2.50 bits per heavy atom.